The summed E-state index contributed by atoms with van der Waals surface area (Å²) >= 11 is 0. The fourth-order valence-electron chi connectivity index (χ4n) is 0.655. The quantitative estimate of drug-likeness (QED) is 0.636. The van der Waals surface area contributed by atoms with E-state index in [1.165, 1.54) is 5.57 Å². The number of hydrogen-bond acceptors (Lipinski definition) is 2. The minimum absolute atomic E-state index is 0.307. The lowest BCUT2D eigenvalue weighted by atomic mass is 10.3. The molecule has 0 aromatic carbocycles. The van der Waals surface area contributed by atoms with Crippen LogP contribution >= 0.6 is 0 Å². The first kappa shape index (κ1) is 11.2. The molecular weight excluding hydrogens is 150 g/mol. The highest BCUT2D eigenvalue weighted by atomic mass is 16.5. The Kier molecular flexibility index (Phi) is 6.48. The first-order valence-electron chi connectivity index (χ1n) is 4.28. The zero-order chi connectivity index (χ0) is 9.40. The van der Waals surface area contributed by atoms with Crippen molar-refractivity contribution in [2.45, 2.75) is 26.9 Å². The van der Waals surface area contributed by atoms with Crippen molar-refractivity contribution in [1.29, 1.82) is 0 Å². The van der Waals surface area contributed by atoms with Crippen LogP contribution in [0.25, 0.3) is 0 Å². The highest BCUT2D eigenvalue weighted by Gasteiger charge is 1.92. The second kappa shape index (κ2) is 6.92. The third-order valence-corrected chi connectivity index (χ3v) is 1.29. The van der Waals surface area contributed by atoms with Gasteiger partial charge < -0.3 is 10.1 Å². The molecular formula is C10H19NO. The van der Waals surface area contributed by atoms with Crippen molar-refractivity contribution in [3.05, 3.63) is 23.9 Å². The van der Waals surface area contributed by atoms with Crippen LogP contribution in [-0.4, -0.2) is 19.8 Å². The molecule has 0 aliphatic rings. The van der Waals surface area contributed by atoms with Crippen molar-refractivity contribution in [3.8, 4) is 0 Å². The van der Waals surface area contributed by atoms with Crippen LogP contribution in [0.5, 0.6) is 0 Å². The zero-order valence-electron chi connectivity index (χ0n) is 8.42. The van der Waals surface area contributed by atoms with Crippen molar-refractivity contribution < 1.29 is 4.74 Å². The van der Waals surface area contributed by atoms with E-state index in [0.717, 1.165) is 0 Å². The Balaban J connectivity index is 3.63. The molecule has 0 unspecified atom stereocenters. The van der Waals surface area contributed by atoms with Gasteiger partial charge >= 0.3 is 0 Å². The van der Waals surface area contributed by atoms with Crippen LogP contribution in [0.1, 0.15) is 20.8 Å². The van der Waals surface area contributed by atoms with Crippen LogP contribution in [0.4, 0.5) is 0 Å². The van der Waals surface area contributed by atoms with E-state index in [2.05, 4.69) is 12.2 Å². The van der Waals surface area contributed by atoms with E-state index >= 15 is 0 Å². The average Bonchev–Trinajstić information content (AvgIpc) is 2.01. The normalized spacial score (nSPS) is 12.9. The third-order valence-electron chi connectivity index (χ3n) is 1.29. The van der Waals surface area contributed by atoms with Gasteiger partial charge in [-0.05, 0) is 38.6 Å². The third kappa shape index (κ3) is 7.35. The summed E-state index contributed by atoms with van der Waals surface area (Å²) < 4.78 is 5.41. The van der Waals surface area contributed by atoms with Crippen LogP contribution in [0.2, 0.25) is 0 Å². The molecule has 0 fully saturated rings. The van der Waals surface area contributed by atoms with Gasteiger partial charge in [0, 0.05) is 7.05 Å². The maximum Gasteiger partial charge on any atom is 0.0680 e. The Morgan fingerprint density at radius 1 is 1.50 bits per heavy atom. The van der Waals surface area contributed by atoms with E-state index in [9.17, 15) is 0 Å². The lowest BCUT2D eigenvalue weighted by Gasteiger charge is -2.06. The van der Waals surface area contributed by atoms with Gasteiger partial charge in [-0.1, -0.05) is 6.08 Å². The maximum absolute atomic E-state index is 5.41. The second-order valence-electron chi connectivity index (χ2n) is 3.02. The van der Waals surface area contributed by atoms with E-state index in [1.54, 1.807) is 0 Å². The van der Waals surface area contributed by atoms with Gasteiger partial charge in [0.05, 0.1) is 12.7 Å². The molecule has 0 amide bonds. The first-order chi connectivity index (χ1) is 5.66. The number of nitrogens with one attached hydrogen (secondary N) is 1. The molecule has 70 valence electrons. The molecule has 0 aromatic rings. The molecule has 0 heterocycles. The second-order valence-corrected chi connectivity index (χ2v) is 3.02. The highest BCUT2D eigenvalue weighted by Crippen LogP contribution is 1.97. The molecule has 0 saturated carbocycles. The van der Waals surface area contributed by atoms with Crippen molar-refractivity contribution in [2.75, 3.05) is 13.7 Å². The van der Waals surface area contributed by atoms with Gasteiger partial charge in [0.2, 0.25) is 0 Å². The first-order valence-corrected chi connectivity index (χ1v) is 4.28. The summed E-state index contributed by atoms with van der Waals surface area (Å²) in [5.41, 5.74) is 1.23. The smallest absolute Gasteiger partial charge is 0.0680 e. The Hall–Kier alpha value is -0.760. The molecule has 0 aliphatic carbocycles. The van der Waals surface area contributed by atoms with E-state index in [-0.39, 0.29) is 0 Å². The molecule has 2 heteroatoms. The number of hydrogen-bond donors (Lipinski definition) is 1. The minimum atomic E-state index is 0.307. The summed E-state index contributed by atoms with van der Waals surface area (Å²) in [6.45, 7) is 6.85. The largest absolute Gasteiger partial charge is 0.394 e. The van der Waals surface area contributed by atoms with Crippen molar-refractivity contribution >= 4 is 0 Å². The van der Waals surface area contributed by atoms with Crippen LogP contribution in [0.3, 0.4) is 0 Å². The number of ether oxygens (including phenoxy) is 1. The summed E-state index contributed by atoms with van der Waals surface area (Å²) in [5.74, 6) is 0. The predicted octanol–water partition coefficient (Wildman–Crippen LogP) is 2.09. The van der Waals surface area contributed by atoms with Gasteiger partial charge in [0.15, 0.2) is 0 Å². The van der Waals surface area contributed by atoms with E-state index in [1.807, 2.05) is 39.2 Å². The summed E-state index contributed by atoms with van der Waals surface area (Å²) in [4.78, 5) is 0. The molecule has 0 aliphatic heterocycles. The Morgan fingerprint density at radius 3 is 2.67 bits per heavy atom. The average molecular weight is 169 g/mol. The van der Waals surface area contributed by atoms with E-state index in [4.69, 9.17) is 4.74 Å². The summed E-state index contributed by atoms with van der Waals surface area (Å²) in [6, 6.07) is 0. The summed E-state index contributed by atoms with van der Waals surface area (Å²) in [6.07, 6.45) is 6.21. The summed E-state index contributed by atoms with van der Waals surface area (Å²) in [5, 5.41) is 2.92. The molecule has 0 bridgehead atoms. The van der Waals surface area contributed by atoms with Gasteiger partial charge in [0.25, 0.3) is 0 Å². The Morgan fingerprint density at radius 2 is 2.17 bits per heavy atom. The fraction of sp³-hybridized carbons (Fsp3) is 0.600. The van der Waals surface area contributed by atoms with Crippen molar-refractivity contribution in [2.24, 2.45) is 0 Å². The molecule has 0 spiro atoms. The topological polar surface area (TPSA) is 21.3 Å². The van der Waals surface area contributed by atoms with Crippen LogP contribution in [0.15, 0.2) is 23.9 Å². The minimum Gasteiger partial charge on any atom is -0.394 e. The predicted molar refractivity (Wildman–Crippen MR) is 53.0 cm³/mol. The molecule has 0 rings (SSSR count). The van der Waals surface area contributed by atoms with E-state index in [0.29, 0.717) is 12.7 Å². The molecule has 0 radical (unpaired) electrons. The van der Waals surface area contributed by atoms with Crippen LogP contribution in [-0.2, 0) is 4.74 Å². The SMILES string of the molecule is CN/C=C\C=C(/C)COC(C)C. The number of allylic oxidation sites excluding steroid dienone is 2. The number of rotatable bonds is 5. The van der Waals surface area contributed by atoms with Gasteiger partial charge in [-0.25, -0.2) is 0 Å². The van der Waals surface area contributed by atoms with Crippen LogP contribution < -0.4 is 5.32 Å². The van der Waals surface area contributed by atoms with Gasteiger partial charge in [-0.2, -0.15) is 0 Å². The summed E-state index contributed by atoms with van der Waals surface area (Å²) in [7, 11) is 1.88. The molecule has 0 aromatic heterocycles. The van der Waals surface area contributed by atoms with Crippen LogP contribution in [0, 0.1) is 0 Å². The zero-order valence-corrected chi connectivity index (χ0v) is 8.42. The van der Waals surface area contributed by atoms with Crippen molar-refractivity contribution in [1.82, 2.24) is 5.32 Å². The molecule has 0 atom stereocenters. The monoisotopic (exact) mass is 169 g/mol. The van der Waals surface area contributed by atoms with Gasteiger partial charge in [0.1, 0.15) is 0 Å². The molecule has 1 N–H and O–H groups in total. The van der Waals surface area contributed by atoms with Gasteiger partial charge in [-0.15, -0.1) is 0 Å². The Bertz CT molecular complexity index is 159. The lowest BCUT2D eigenvalue weighted by Crippen LogP contribution is -2.04. The standard InChI is InChI=1S/C10H19NO/c1-9(2)12-8-10(3)6-5-7-11-4/h5-7,9,11H,8H2,1-4H3/b7-5-,10-6+. The highest BCUT2D eigenvalue weighted by molar-refractivity contribution is 5.10. The molecule has 12 heavy (non-hydrogen) atoms. The lowest BCUT2D eigenvalue weighted by molar-refractivity contribution is 0.0973. The molecule has 0 saturated heterocycles. The van der Waals surface area contributed by atoms with E-state index < -0.39 is 0 Å². The molecule has 2 nitrogen and oxygen atoms in total. The Labute approximate surface area is 75.3 Å². The fourth-order valence-corrected chi connectivity index (χ4v) is 0.655. The van der Waals surface area contributed by atoms with Crippen molar-refractivity contribution in [3.63, 3.8) is 0 Å². The maximum atomic E-state index is 5.41. The van der Waals surface area contributed by atoms with Gasteiger partial charge in [-0.3, -0.25) is 0 Å².